The van der Waals surface area contributed by atoms with Gasteiger partial charge in [-0.1, -0.05) is 12.1 Å². The van der Waals surface area contributed by atoms with Gasteiger partial charge in [0.05, 0.1) is 12.2 Å². The molecule has 1 atom stereocenters. The number of hydrogen-bond acceptors (Lipinski definition) is 3. The summed E-state index contributed by atoms with van der Waals surface area (Å²) < 4.78 is 5.82. The van der Waals surface area contributed by atoms with E-state index in [1.807, 2.05) is 13.1 Å². The molecule has 0 aliphatic carbocycles. The zero-order valence-corrected chi connectivity index (χ0v) is 12.1. The molecule has 102 valence electrons. The van der Waals surface area contributed by atoms with Crippen LogP contribution in [0.25, 0.3) is 0 Å². The molecule has 0 amide bonds. The molecule has 0 aliphatic rings. The van der Waals surface area contributed by atoms with Crippen LogP contribution in [0.4, 0.5) is 0 Å². The molecular formula is C15H25NO2. The van der Waals surface area contributed by atoms with Gasteiger partial charge in [0, 0.05) is 18.0 Å². The summed E-state index contributed by atoms with van der Waals surface area (Å²) in [6.07, 6.45) is 0.619. The molecule has 0 fully saturated rings. The van der Waals surface area contributed by atoms with Crippen molar-refractivity contribution in [2.75, 3.05) is 13.7 Å². The van der Waals surface area contributed by atoms with Crippen LogP contribution >= 0.6 is 0 Å². The van der Waals surface area contributed by atoms with Gasteiger partial charge in [0.2, 0.25) is 0 Å². The molecule has 1 aromatic carbocycles. The molecule has 0 saturated heterocycles. The third-order valence-corrected chi connectivity index (χ3v) is 3.04. The van der Waals surface area contributed by atoms with E-state index < -0.39 is 5.60 Å². The molecule has 0 saturated carbocycles. The summed E-state index contributed by atoms with van der Waals surface area (Å²) in [6.45, 7) is 8.27. The normalized spacial score (nSPS) is 13.4. The zero-order valence-electron chi connectivity index (χ0n) is 12.1. The van der Waals surface area contributed by atoms with Crippen molar-refractivity contribution < 1.29 is 9.84 Å². The molecule has 18 heavy (non-hydrogen) atoms. The van der Waals surface area contributed by atoms with Crippen molar-refractivity contribution in [1.29, 1.82) is 0 Å². The highest BCUT2D eigenvalue weighted by molar-refractivity contribution is 5.39. The maximum absolute atomic E-state index is 9.68. The lowest BCUT2D eigenvalue weighted by molar-refractivity contribution is 0.0551. The first kappa shape index (κ1) is 15.0. The predicted octanol–water partition coefficient (Wildman–Crippen LogP) is 2.82. The highest BCUT2D eigenvalue weighted by Gasteiger charge is 2.14. The topological polar surface area (TPSA) is 41.5 Å². The van der Waals surface area contributed by atoms with Gasteiger partial charge in [-0.25, -0.2) is 0 Å². The van der Waals surface area contributed by atoms with Crippen LogP contribution in [0, 0.1) is 6.92 Å². The SMILES string of the molecule is CNC(C)c1ccc(C)cc1OCCC(C)(C)O. The number of aliphatic hydroxyl groups is 1. The van der Waals surface area contributed by atoms with Crippen LogP contribution in [0.5, 0.6) is 5.75 Å². The molecule has 0 radical (unpaired) electrons. The number of hydrogen-bond donors (Lipinski definition) is 2. The maximum atomic E-state index is 9.68. The lowest BCUT2D eigenvalue weighted by Gasteiger charge is -2.20. The van der Waals surface area contributed by atoms with Gasteiger partial charge in [0.25, 0.3) is 0 Å². The van der Waals surface area contributed by atoms with Crippen molar-refractivity contribution in [3.05, 3.63) is 29.3 Å². The summed E-state index contributed by atoms with van der Waals surface area (Å²) in [5.74, 6) is 0.904. The van der Waals surface area contributed by atoms with E-state index in [2.05, 4.69) is 31.3 Å². The summed E-state index contributed by atoms with van der Waals surface area (Å²) in [6, 6.07) is 6.48. The first-order chi connectivity index (χ1) is 8.33. The van der Waals surface area contributed by atoms with Crippen LogP contribution in [0.2, 0.25) is 0 Å². The van der Waals surface area contributed by atoms with Crippen LogP contribution in [-0.2, 0) is 0 Å². The van der Waals surface area contributed by atoms with E-state index in [9.17, 15) is 5.11 Å². The van der Waals surface area contributed by atoms with Crippen LogP contribution in [0.15, 0.2) is 18.2 Å². The molecule has 0 aliphatic heterocycles. The monoisotopic (exact) mass is 251 g/mol. The fraction of sp³-hybridized carbons (Fsp3) is 0.600. The highest BCUT2D eigenvalue weighted by atomic mass is 16.5. The Bertz CT molecular complexity index is 383. The van der Waals surface area contributed by atoms with Crippen LogP contribution < -0.4 is 10.1 Å². The Kier molecular flexibility index (Phi) is 5.17. The maximum Gasteiger partial charge on any atom is 0.124 e. The van der Waals surface area contributed by atoms with E-state index in [1.165, 1.54) is 5.56 Å². The van der Waals surface area contributed by atoms with Crippen LogP contribution in [0.1, 0.15) is 44.4 Å². The number of aryl methyl sites for hydroxylation is 1. The minimum Gasteiger partial charge on any atom is -0.493 e. The van der Waals surface area contributed by atoms with E-state index in [4.69, 9.17) is 4.74 Å². The Balaban J connectivity index is 2.76. The predicted molar refractivity (Wildman–Crippen MR) is 75.1 cm³/mol. The van der Waals surface area contributed by atoms with Crippen molar-refractivity contribution in [2.45, 2.75) is 45.8 Å². The van der Waals surface area contributed by atoms with Crippen molar-refractivity contribution in [2.24, 2.45) is 0 Å². The minimum atomic E-state index is -0.682. The third kappa shape index (κ3) is 4.67. The van der Waals surface area contributed by atoms with Crippen molar-refractivity contribution in [3.8, 4) is 5.75 Å². The number of rotatable bonds is 6. The summed E-state index contributed by atoms with van der Waals surface area (Å²) in [4.78, 5) is 0. The number of nitrogens with one attached hydrogen (secondary N) is 1. The molecule has 2 N–H and O–H groups in total. The van der Waals surface area contributed by atoms with E-state index in [-0.39, 0.29) is 6.04 Å². The van der Waals surface area contributed by atoms with E-state index >= 15 is 0 Å². The quantitative estimate of drug-likeness (QED) is 0.817. The minimum absolute atomic E-state index is 0.253. The average Bonchev–Trinajstić information content (AvgIpc) is 2.26. The Morgan fingerprint density at radius 1 is 1.39 bits per heavy atom. The molecule has 1 unspecified atom stereocenters. The Morgan fingerprint density at radius 3 is 2.61 bits per heavy atom. The van der Waals surface area contributed by atoms with E-state index in [1.54, 1.807) is 13.8 Å². The second-order valence-electron chi connectivity index (χ2n) is 5.46. The lowest BCUT2D eigenvalue weighted by Crippen LogP contribution is -2.22. The molecule has 1 aromatic rings. The fourth-order valence-corrected chi connectivity index (χ4v) is 1.69. The first-order valence-corrected chi connectivity index (χ1v) is 6.46. The highest BCUT2D eigenvalue weighted by Crippen LogP contribution is 2.26. The number of benzene rings is 1. The molecule has 0 heterocycles. The molecule has 0 spiro atoms. The molecule has 3 nitrogen and oxygen atoms in total. The first-order valence-electron chi connectivity index (χ1n) is 6.46. The van der Waals surface area contributed by atoms with E-state index in [0.29, 0.717) is 13.0 Å². The third-order valence-electron chi connectivity index (χ3n) is 3.04. The molecule has 0 bridgehead atoms. The van der Waals surface area contributed by atoms with Gasteiger partial charge in [-0.05, 0) is 46.4 Å². The zero-order chi connectivity index (χ0) is 13.8. The molecular weight excluding hydrogens is 226 g/mol. The van der Waals surface area contributed by atoms with Crippen LogP contribution in [-0.4, -0.2) is 24.4 Å². The molecule has 1 rings (SSSR count). The summed E-state index contributed by atoms with van der Waals surface area (Å²) >= 11 is 0. The van der Waals surface area contributed by atoms with Crippen molar-refractivity contribution >= 4 is 0 Å². The summed E-state index contributed by atoms with van der Waals surface area (Å²) in [5, 5.41) is 12.9. The Morgan fingerprint density at radius 2 is 2.06 bits per heavy atom. The summed E-state index contributed by atoms with van der Waals surface area (Å²) in [7, 11) is 1.94. The molecule has 3 heteroatoms. The molecule has 0 aromatic heterocycles. The number of ether oxygens (including phenoxy) is 1. The van der Waals surface area contributed by atoms with Gasteiger partial charge < -0.3 is 15.2 Å². The Labute approximate surface area is 110 Å². The van der Waals surface area contributed by atoms with Crippen molar-refractivity contribution in [1.82, 2.24) is 5.32 Å². The van der Waals surface area contributed by atoms with E-state index in [0.717, 1.165) is 11.3 Å². The summed E-state index contributed by atoms with van der Waals surface area (Å²) in [5.41, 5.74) is 1.65. The van der Waals surface area contributed by atoms with Crippen molar-refractivity contribution in [3.63, 3.8) is 0 Å². The lowest BCUT2D eigenvalue weighted by atomic mass is 10.0. The van der Waals surface area contributed by atoms with Gasteiger partial charge >= 0.3 is 0 Å². The van der Waals surface area contributed by atoms with Gasteiger partial charge in [-0.15, -0.1) is 0 Å². The van der Waals surface area contributed by atoms with Gasteiger partial charge in [0.1, 0.15) is 5.75 Å². The van der Waals surface area contributed by atoms with Gasteiger partial charge in [0.15, 0.2) is 0 Å². The standard InChI is InChI=1S/C15H25NO2/c1-11-6-7-13(12(2)16-5)14(10-11)18-9-8-15(3,4)17/h6-7,10,12,16-17H,8-9H2,1-5H3. The van der Waals surface area contributed by atoms with Crippen LogP contribution in [0.3, 0.4) is 0 Å². The smallest absolute Gasteiger partial charge is 0.124 e. The Hall–Kier alpha value is -1.06. The second-order valence-corrected chi connectivity index (χ2v) is 5.46. The largest absolute Gasteiger partial charge is 0.493 e. The second kappa shape index (κ2) is 6.21. The average molecular weight is 251 g/mol. The van der Waals surface area contributed by atoms with Gasteiger partial charge in [-0.3, -0.25) is 0 Å². The fourth-order valence-electron chi connectivity index (χ4n) is 1.69. The van der Waals surface area contributed by atoms with Gasteiger partial charge in [-0.2, -0.15) is 0 Å².